The zero-order valence-electron chi connectivity index (χ0n) is 11.5. The van der Waals surface area contributed by atoms with Crippen LogP contribution in [0.1, 0.15) is 16.7 Å². The Hall–Kier alpha value is -2.63. The molecule has 0 aliphatic carbocycles. The third kappa shape index (κ3) is 2.16. The Morgan fingerprint density at radius 1 is 1.30 bits per heavy atom. The van der Waals surface area contributed by atoms with Gasteiger partial charge >= 0.3 is 5.69 Å². The first-order valence-electron chi connectivity index (χ1n) is 6.04. The van der Waals surface area contributed by atoms with E-state index in [9.17, 15) is 14.7 Å². The molecule has 0 aliphatic rings. The summed E-state index contributed by atoms with van der Waals surface area (Å²) in [6, 6.07) is 5.39. The number of aliphatic imine (C=N–C) groups is 1. The Kier molecular flexibility index (Phi) is 3.56. The van der Waals surface area contributed by atoms with Crippen LogP contribution in [0.4, 0.5) is 0 Å². The van der Waals surface area contributed by atoms with Gasteiger partial charge in [0, 0.05) is 13.3 Å². The van der Waals surface area contributed by atoms with Crippen molar-refractivity contribution in [2.24, 2.45) is 4.99 Å². The van der Waals surface area contributed by atoms with Crippen molar-refractivity contribution < 1.29 is 5.11 Å². The van der Waals surface area contributed by atoms with Crippen LogP contribution in [0.25, 0.3) is 5.69 Å². The summed E-state index contributed by atoms with van der Waals surface area (Å²) in [7, 11) is 1.48. The van der Waals surface area contributed by atoms with E-state index >= 15 is 0 Å². The molecule has 6 nitrogen and oxygen atoms in total. The molecule has 104 valence electrons. The van der Waals surface area contributed by atoms with Crippen molar-refractivity contribution in [3.63, 3.8) is 0 Å². The molecule has 0 radical (unpaired) electrons. The molecule has 0 unspecified atom stereocenters. The lowest BCUT2D eigenvalue weighted by atomic mass is 10.1. The van der Waals surface area contributed by atoms with Crippen LogP contribution in [-0.4, -0.2) is 27.9 Å². The number of aromatic nitrogens is 2. The molecule has 0 bridgehead atoms. The maximum absolute atomic E-state index is 12.0. The zero-order chi connectivity index (χ0) is 14.9. The van der Waals surface area contributed by atoms with Crippen LogP contribution in [-0.2, 0) is 0 Å². The van der Waals surface area contributed by atoms with Crippen molar-refractivity contribution in [2.45, 2.75) is 13.8 Å². The molecule has 2 rings (SSSR count). The monoisotopic (exact) mass is 273 g/mol. The SMILES string of the molecule is CN=Cc1c(O)n(-c2cccc(C)c2C)c(=O)[nH]c1=O. The van der Waals surface area contributed by atoms with Crippen molar-refractivity contribution in [3.8, 4) is 11.6 Å². The number of hydrogen-bond acceptors (Lipinski definition) is 4. The van der Waals surface area contributed by atoms with Crippen LogP contribution in [0.3, 0.4) is 0 Å². The van der Waals surface area contributed by atoms with Crippen molar-refractivity contribution in [1.82, 2.24) is 9.55 Å². The summed E-state index contributed by atoms with van der Waals surface area (Å²) in [5, 5.41) is 10.2. The van der Waals surface area contributed by atoms with E-state index in [0.29, 0.717) is 5.69 Å². The lowest BCUT2D eigenvalue weighted by Crippen LogP contribution is -2.31. The van der Waals surface area contributed by atoms with Gasteiger partial charge in [-0.25, -0.2) is 9.36 Å². The first-order valence-corrected chi connectivity index (χ1v) is 6.04. The molecule has 0 amide bonds. The van der Waals surface area contributed by atoms with Crippen LogP contribution in [0.2, 0.25) is 0 Å². The zero-order valence-corrected chi connectivity index (χ0v) is 11.5. The lowest BCUT2D eigenvalue weighted by Gasteiger charge is -2.13. The number of nitrogens with one attached hydrogen (secondary N) is 1. The second kappa shape index (κ2) is 5.16. The third-order valence-corrected chi connectivity index (χ3v) is 3.20. The number of nitrogens with zero attached hydrogens (tertiary/aromatic N) is 2. The molecule has 20 heavy (non-hydrogen) atoms. The molecular weight excluding hydrogens is 258 g/mol. The largest absolute Gasteiger partial charge is 0.493 e. The molecule has 0 spiro atoms. The van der Waals surface area contributed by atoms with Gasteiger partial charge in [-0.05, 0) is 31.0 Å². The average molecular weight is 273 g/mol. The van der Waals surface area contributed by atoms with Crippen LogP contribution < -0.4 is 11.2 Å². The van der Waals surface area contributed by atoms with Gasteiger partial charge in [0.2, 0.25) is 5.88 Å². The highest BCUT2D eigenvalue weighted by molar-refractivity contribution is 5.82. The van der Waals surface area contributed by atoms with Gasteiger partial charge < -0.3 is 5.11 Å². The minimum atomic E-state index is -0.686. The predicted molar refractivity (Wildman–Crippen MR) is 77.3 cm³/mol. The molecule has 6 heteroatoms. The molecule has 2 N–H and O–H groups in total. The van der Waals surface area contributed by atoms with E-state index in [1.54, 1.807) is 12.1 Å². The van der Waals surface area contributed by atoms with Gasteiger partial charge in [-0.1, -0.05) is 12.1 Å². The molecule has 1 aromatic carbocycles. The van der Waals surface area contributed by atoms with Gasteiger partial charge in [-0.15, -0.1) is 0 Å². The molecule has 0 aliphatic heterocycles. The van der Waals surface area contributed by atoms with Gasteiger partial charge in [0.05, 0.1) is 5.69 Å². The third-order valence-electron chi connectivity index (χ3n) is 3.20. The molecular formula is C14H15N3O3. The van der Waals surface area contributed by atoms with Gasteiger partial charge in [-0.2, -0.15) is 0 Å². The van der Waals surface area contributed by atoms with Crippen molar-refractivity contribution in [2.75, 3.05) is 7.05 Å². The standard InChI is InChI=1S/C14H15N3O3/c1-8-5-4-6-11(9(8)2)17-13(19)10(7-15-3)12(18)16-14(17)20/h4-7,19H,1-3H3,(H,16,18,20). The highest BCUT2D eigenvalue weighted by Crippen LogP contribution is 2.20. The van der Waals surface area contributed by atoms with E-state index in [2.05, 4.69) is 9.98 Å². The van der Waals surface area contributed by atoms with Gasteiger partial charge in [0.15, 0.2) is 0 Å². The number of aromatic amines is 1. The number of aromatic hydroxyl groups is 1. The van der Waals surface area contributed by atoms with Gasteiger partial charge in [-0.3, -0.25) is 14.8 Å². The smallest absolute Gasteiger partial charge is 0.335 e. The van der Waals surface area contributed by atoms with Gasteiger partial charge in [0.1, 0.15) is 5.56 Å². The predicted octanol–water partition coefficient (Wildman–Crippen LogP) is 0.897. The molecule has 1 heterocycles. The summed E-state index contributed by atoms with van der Waals surface area (Å²) in [5.74, 6) is -0.418. The molecule has 0 fully saturated rings. The fourth-order valence-corrected chi connectivity index (χ4v) is 1.99. The topological polar surface area (TPSA) is 87.4 Å². The van der Waals surface area contributed by atoms with Gasteiger partial charge in [0.25, 0.3) is 5.56 Å². The number of H-pyrrole nitrogens is 1. The summed E-state index contributed by atoms with van der Waals surface area (Å²) in [5.41, 5.74) is 0.943. The molecule has 0 saturated carbocycles. The summed E-state index contributed by atoms with van der Waals surface area (Å²) in [6.07, 6.45) is 1.22. The fourth-order valence-electron chi connectivity index (χ4n) is 1.99. The summed E-state index contributed by atoms with van der Waals surface area (Å²) < 4.78 is 1.07. The van der Waals surface area contributed by atoms with E-state index in [1.165, 1.54) is 13.3 Å². The van der Waals surface area contributed by atoms with E-state index < -0.39 is 17.1 Å². The highest BCUT2D eigenvalue weighted by Gasteiger charge is 2.15. The van der Waals surface area contributed by atoms with Crippen LogP contribution in [0, 0.1) is 13.8 Å². The summed E-state index contributed by atoms with van der Waals surface area (Å²) >= 11 is 0. The van der Waals surface area contributed by atoms with E-state index in [1.807, 2.05) is 19.9 Å². The second-order valence-corrected chi connectivity index (χ2v) is 4.44. The fraction of sp³-hybridized carbons (Fsp3) is 0.214. The number of benzene rings is 1. The minimum Gasteiger partial charge on any atom is -0.493 e. The van der Waals surface area contributed by atoms with Crippen LogP contribution >= 0.6 is 0 Å². The Balaban J connectivity index is 2.88. The number of aryl methyl sites for hydroxylation is 1. The van der Waals surface area contributed by atoms with E-state index in [4.69, 9.17) is 0 Å². The molecule has 0 saturated heterocycles. The maximum Gasteiger partial charge on any atom is 0.335 e. The Morgan fingerprint density at radius 2 is 2.00 bits per heavy atom. The number of rotatable bonds is 2. The lowest BCUT2D eigenvalue weighted by molar-refractivity contribution is 0.430. The minimum absolute atomic E-state index is 0.0481. The van der Waals surface area contributed by atoms with Crippen molar-refractivity contribution in [3.05, 3.63) is 55.7 Å². The summed E-state index contributed by atoms with van der Waals surface area (Å²) in [6.45, 7) is 3.75. The molecule has 1 aromatic heterocycles. The second-order valence-electron chi connectivity index (χ2n) is 4.44. The Labute approximate surface area is 115 Å². The maximum atomic E-state index is 12.0. The van der Waals surface area contributed by atoms with E-state index in [0.717, 1.165) is 15.7 Å². The Morgan fingerprint density at radius 3 is 2.65 bits per heavy atom. The Bertz CT molecular complexity index is 800. The first-order chi connectivity index (χ1) is 9.47. The van der Waals surface area contributed by atoms with Crippen LogP contribution in [0.5, 0.6) is 5.88 Å². The molecule has 0 atom stereocenters. The quantitative estimate of drug-likeness (QED) is 0.797. The average Bonchev–Trinajstić information content (AvgIpc) is 2.39. The van der Waals surface area contributed by atoms with Crippen molar-refractivity contribution in [1.29, 1.82) is 0 Å². The first kappa shape index (κ1) is 13.8. The van der Waals surface area contributed by atoms with Crippen LogP contribution in [0.15, 0.2) is 32.8 Å². The molecule has 2 aromatic rings. The summed E-state index contributed by atoms with van der Waals surface area (Å²) in [4.78, 5) is 29.5. The van der Waals surface area contributed by atoms with Crippen molar-refractivity contribution >= 4 is 6.21 Å². The number of hydrogen-bond donors (Lipinski definition) is 2. The normalized spacial score (nSPS) is 11.2. The highest BCUT2D eigenvalue weighted by atomic mass is 16.3. The van der Waals surface area contributed by atoms with E-state index in [-0.39, 0.29) is 5.56 Å².